The largest absolute Gasteiger partial charge is 0.383 e. The molecule has 0 unspecified atom stereocenters. The molecule has 26 heavy (non-hydrogen) atoms. The zero-order valence-electron chi connectivity index (χ0n) is 17.6. The summed E-state index contributed by atoms with van der Waals surface area (Å²) < 4.78 is 10.8. The fourth-order valence-electron chi connectivity index (χ4n) is 3.61. The lowest BCUT2D eigenvalue weighted by molar-refractivity contribution is -0.122. The Morgan fingerprint density at radius 3 is 2.04 bits per heavy atom. The van der Waals surface area contributed by atoms with Crippen LogP contribution in [0.3, 0.4) is 0 Å². The number of hydrogen-bond donors (Lipinski definition) is 1. The molecule has 1 amide bonds. The van der Waals surface area contributed by atoms with Crippen LogP contribution in [0.2, 0.25) is 0 Å². The van der Waals surface area contributed by atoms with Gasteiger partial charge in [0, 0.05) is 19.6 Å². The van der Waals surface area contributed by atoms with E-state index in [-0.39, 0.29) is 11.9 Å². The molecule has 4 nitrogen and oxygen atoms in total. The molecule has 0 radical (unpaired) electrons. The number of carbonyl (C=O) groups is 1. The number of amides is 1. The van der Waals surface area contributed by atoms with Gasteiger partial charge in [-0.3, -0.25) is 4.79 Å². The molecule has 1 aliphatic heterocycles. The first-order chi connectivity index (χ1) is 12.7. The lowest BCUT2D eigenvalue weighted by atomic mass is 10.0. The van der Waals surface area contributed by atoms with Gasteiger partial charge < -0.3 is 14.8 Å². The molecular formula is C22H43NO3. The third kappa shape index (κ3) is 12.7. The van der Waals surface area contributed by atoms with Crippen molar-refractivity contribution in [1.29, 1.82) is 0 Å². The second-order valence-corrected chi connectivity index (χ2v) is 8.00. The Balaban J connectivity index is 1.81. The summed E-state index contributed by atoms with van der Waals surface area (Å²) in [6.07, 6.45) is 18.4. The molecule has 0 aromatic rings. The van der Waals surface area contributed by atoms with Gasteiger partial charge in [-0.05, 0) is 26.2 Å². The summed E-state index contributed by atoms with van der Waals surface area (Å²) in [5.41, 5.74) is 0. The molecule has 0 spiro atoms. The molecule has 0 bridgehead atoms. The molecule has 0 aliphatic carbocycles. The fourth-order valence-corrected chi connectivity index (χ4v) is 3.61. The lowest BCUT2D eigenvalue weighted by Gasteiger charge is -2.12. The third-order valence-corrected chi connectivity index (χ3v) is 5.25. The molecule has 0 aromatic carbocycles. The van der Waals surface area contributed by atoms with Crippen molar-refractivity contribution in [3.8, 4) is 0 Å². The number of rotatable bonds is 18. The quantitative estimate of drug-likeness (QED) is 0.260. The monoisotopic (exact) mass is 369 g/mol. The highest BCUT2D eigenvalue weighted by atomic mass is 16.6. The van der Waals surface area contributed by atoms with Crippen LogP contribution in [-0.2, 0) is 14.3 Å². The Morgan fingerprint density at radius 1 is 0.923 bits per heavy atom. The highest BCUT2D eigenvalue weighted by Crippen LogP contribution is 2.31. The number of hydrogen-bond acceptors (Lipinski definition) is 3. The molecule has 154 valence electrons. The minimum atomic E-state index is 0.107. The van der Waals surface area contributed by atoms with Crippen molar-refractivity contribution in [2.75, 3.05) is 13.7 Å². The summed E-state index contributed by atoms with van der Waals surface area (Å²) in [5.74, 6) is 0.151. The van der Waals surface area contributed by atoms with Crippen LogP contribution in [0.25, 0.3) is 0 Å². The Labute approximate surface area is 161 Å². The number of nitrogens with one attached hydrogen (secondary N) is 1. The van der Waals surface area contributed by atoms with Gasteiger partial charge in [-0.15, -0.1) is 0 Å². The first-order valence-corrected chi connectivity index (χ1v) is 11.1. The van der Waals surface area contributed by atoms with Gasteiger partial charge in [-0.2, -0.15) is 0 Å². The molecule has 1 aliphatic rings. The normalized spacial score (nSPS) is 20.1. The zero-order valence-corrected chi connectivity index (χ0v) is 17.6. The van der Waals surface area contributed by atoms with Gasteiger partial charge in [0.05, 0.1) is 18.8 Å². The second-order valence-electron chi connectivity index (χ2n) is 8.00. The van der Waals surface area contributed by atoms with E-state index in [0.717, 1.165) is 12.8 Å². The van der Waals surface area contributed by atoms with Crippen LogP contribution in [0, 0.1) is 0 Å². The van der Waals surface area contributed by atoms with Crippen LogP contribution in [-0.4, -0.2) is 37.9 Å². The van der Waals surface area contributed by atoms with Gasteiger partial charge in [-0.25, -0.2) is 0 Å². The van der Waals surface area contributed by atoms with Crippen molar-refractivity contribution in [3.05, 3.63) is 0 Å². The van der Waals surface area contributed by atoms with Gasteiger partial charge in [0.25, 0.3) is 0 Å². The Kier molecular flexibility index (Phi) is 13.9. The molecule has 1 rings (SSSR count). The molecule has 0 aromatic heterocycles. The van der Waals surface area contributed by atoms with Crippen molar-refractivity contribution in [2.24, 2.45) is 0 Å². The predicted molar refractivity (Wildman–Crippen MR) is 108 cm³/mol. The van der Waals surface area contributed by atoms with Gasteiger partial charge in [-0.1, -0.05) is 71.1 Å². The van der Waals surface area contributed by atoms with Crippen LogP contribution in [0.1, 0.15) is 104 Å². The summed E-state index contributed by atoms with van der Waals surface area (Å²) in [7, 11) is 1.66. The predicted octanol–water partition coefficient (Wildman–Crippen LogP) is 5.39. The van der Waals surface area contributed by atoms with E-state index in [1.54, 1.807) is 7.11 Å². The highest BCUT2D eigenvalue weighted by molar-refractivity contribution is 5.76. The first-order valence-electron chi connectivity index (χ1n) is 11.1. The van der Waals surface area contributed by atoms with E-state index in [2.05, 4.69) is 12.2 Å². The average Bonchev–Trinajstić information content (AvgIpc) is 3.35. The average molecular weight is 370 g/mol. The van der Waals surface area contributed by atoms with Gasteiger partial charge in [0.1, 0.15) is 0 Å². The van der Waals surface area contributed by atoms with Crippen molar-refractivity contribution in [2.45, 2.75) is 122 Å². The minimum absolute atomic E-state index is 0.107. The number of methoxy groups -OCH3 is 1. The summed E-state index contributed by atoms with van der Waals surface area (Å²) in [4.78, 5) is 11.7. The summed E-state index contributed by atoms with van der Waals surface area (Å²) in [5, 5.41) is 2.96. The maximum Gasteiger partial charge on any atom is 0.220 e. The van der Waals surface area contributed by atoms with E-state index in [4.69, 9.17) is 9.47 Å². The number of carbonyl (C=O) groups excluding carboxylic acids is 1. The summed E-state index contributed by atoms with van der Waals surface area (Å²) >= 11 is 0. The molecule has 1 N–H and O–H groups in total. The zero-order chi connectivity index (χ0) is 19.0. The van der Waals surface area contributed by atoms with E-state index in [9.17, 15) is 4.79 Å². The number of ether oxygens (including phenoxy) is 2. The molecule has 3 atom stereocenters. The van der Waals surface area contributed by atoms with Crippen LogP contribution in [0.4, 0.5) is 0 Å². The first kappa shape index (κ1) is 23.4. The molecule has 1 fully saturated rings. The smallest absolute Gasteiger partial charge is 0.220 e. The van der Waals surface area contributed by atoms with Crippen LogP contribution < -0.4 is 5.32 Å². The van der Waals surface area contributed by atoms with E-state index in [1.807, 2.05) is 6.92 Å². The van der Waals surface area contributed by atoms with Crippen LogP contribution in [0.15, 0.2) is 0 Å². The Bertz CT molecular complexity index is 348. The van der Waals surface area contributed by atoms with Crippen LogP contribution in [0.5, 0.6) is 0 Å². The molecule has 0 saturated carbocycles. The summed E-state index contributed by atoms with van der Waals surface area (Å²) in [6, 6.07) is 0.107. The minimum Gasteiger partial charge on any atom is -0.383 e. The van der Waals surface area contributed by atoms with E-state index >= 15 is 0 Å². The van der Waals surface area contributed by atoms with Crippen molar-refractivity contribution in [3.63, 3.8) is 0 Å². The number of unbranched alkanes of at least 4 members (excludes halogenated alkanes) is 9. The van der Waals surface area contributed by atoms with Gasteiger partial charge >= 0.3 is 0 Å². The van der Waals surface area contributed by atoms with Crippen molar-refractivity contribution in [1.82, 2.24) is 5.32 Å². The third-order valence-electron chi connectivity index (χ3n) is 5.25. The second kappa shape index (κ2) is 15.4. The van der Waals surface area contributed by atoms with Gasteiger partial charge in [0.2, 0.25) is 5.91 Å². The van der Waals surface area contributed by atoms with Crippen molar-refractivity contribution >= 4 is 5.91 Å². The SMILES string of the molecule is CCCCCCCC[C@H]1O[C@@H]1CCCCCCCC(=O)N[C@@H](C)COC. The van der Waals surface area contributed by atoms with Gasteiger partial charge in [0.15, 0.2) is 0 Å². The number of epoxide rings is 1. The van der Waals surface area contributed by atoms with E-state index in [0.29, 0.717) is 25.2 Å². The Hall–Kier alpha value is -0.610. The molecule has 1 saturated heterocycles. The van der Waals surface area contributed by atoms with E-state index < -0.39 is 0 Å². The fraction of sp³-hybridized carbons (Fsp3) is 0.955. The topological polar surface area (TPSA) is 50.9 Å². The standard InChI is InChI=1S/C22H43NO3/c1-4-5-6-7-9-12-15-20-21(26-20)16-13-10-8-11-14-17-22(24)23-19(2)18-25-3/h19-21H,4-18H2,1-3H3,(H,23,24)/t19-,20+,21+/m0/s1. The van der Waals surface area contributed by atoms with Crippen LogP contribution >= 0.6 is 0 Å². The maximum atomic E-state index is 11.7. The summed E-state index contributed by atoms with van der Waals surface area (Å²) in [6.45, 7) is 4.82. The lowest BCUT2D eigenvalue weighted by Crippen LogP contribution is -2.35. The van der Waals surface area contributed by atoms with E-state index in [1.165, 1.54) is 70.6 Å². The van der Waals surface area contributed by atoms with Crippen molar-refractivity contribution < 1.29 is 14.3 Å². The molecule has 1 heterocycles. The highest BCUT2D eigenvalue weighted by Gasteiger charge is 2.36. The Morgan fingerprint density at radius 2 is 1.46 bits per heavy atom. The maximum absolute atomic E-state index is 11.7. The molecule has 4 heteroatoms. The molecular weight excluding hydrogens is 326 g/mol.